The van der Waals surface area contributed by atoms with E-state index in [0.29, 0.717) is 0 Å². The predicted octanol–water partition coefficient (Wildman–Crippen LogP) is 1.52. The zero-order chi connectivity index (χ0) is 8.32. The summed E-state index contributed by atoms with van der Waals surface area (Å²) in [5.74, 6) is 7.75. The lowest BCUT2D eigenvalue weighted by Gasteiger charge is -2.44. The van der Waals surface area contributed by atoms with Crippen molar-refractivity contribution >= 4 is 0 Å². The molecule has 0 amide bonds. The van der Waals surface area contributed by atoms with Gasteiger partial charge in [0.2, 0.25) is 0 Å². The monoisotopic (exact) mass is 176 g/mol. The highest BCUT2D eigenvalue weighted by Crippen LogP contribution is 2.80. The van der Waals surface area contributed by atoms with E-state index in [2.05, 4.69) is 0 Å². The zero-order valence-corrected chi connectivity index (χ0v) is 7.76. The molecular weight excluding hydrogens is 160 g/mol. The fourth-order valence-electron chi connectivity index (χ4n) is 6.79. The van der Waals surface area contributed by atoms with Crippen LogP contribution in [-0.2, 0) is 0 Å². The molecule has 70 valence electrons. The van der Waals surface area contributed by atoms with Gasteiger partial charge < -0.3 is 5.11 Å². The van der Waals surface area contributed by atoms with Crippen molar-refractivity contribution in [3.63, 3.8) is 0 Å². The van der Waals surface area contributed by atoms with Crippen molar-refractivity contribution in [2.24, 2.45) is 47.3 Å². The van der Waals surface area contributed by atoms with E-state index in [1.165, 1.54) is 19.3 Å². The number of hydrogen-bond acceptors (Lipinski definition) is 1. The fourth-order valence-corrected chi connectivity index (χ4v) is 6.79. The molecule has 6 bridgehead atoms. The Hall–Kier alpha value is -0.0400. The minimum Gasteiger partial charge on any atom is -0.393 e. The fraction of sp³-hybridized carbons (Fsp3) is 1.00. The van der Waals surface area contributed by atoms with Crippen LogP contribution in [0.5, 0.6) is 0 Å². The van der Waals surface area contributed by atoms with Gasteiger partial charge in [0.1, 0.15) is 0 Å². The standard InChI is InChI=1S/C12H16O/c13-12-7-3-6-9-4-1-2-5(10(7)9)8(4)11(6)12/h4-13H,1-3H2/t4-,5+,6+,7+,8-,9+,10+,11+,12-/m1/s1. The summed E-state index contributed by atoms with van der Waals surface area (Å²) < 4.78 is 0. The maximum absolute atomic E-state index is 10.2. The van der Waals surface area contributed by atoms with Crippen LogP contribution in [0.2, 0.25) is 0 Å². The molecule has 0 aromatic heterocycles. The summed E-state index contributed by atoms with van der Waals surface area (Å²) in [6.07, 6.45) is 4.58. The van der Waals surface area contributed by atoms with Gasteiger partial charge in [-0.05, 0) is 66.6 Å². The number of rotatable bonds is 0. The molecule has 0 aromatic rings. The summed E-state index contributed by atoms with van der Waals surface area (Å²) in [6, 6.07) is 0. The Labute approximate surface area is 78.5 Å². The Bertz CT molecular complexity index is 278. The lowest BCUT2D eigenvalue weighted by atomic mass is 9.62. The molecule has 13 heavy (non-hydrogen) atoms. The first-order valence-electron chi connectivity index (χ1n) is 6.06. The summed E-state index contributed by atoms with van der Waals surface area (Å²) in [7, 11) is 0. The van der Waals surface area contributed by atoms with Crippen LogP contribution in [0.25, 0.3) is 0 Å². The van der Waals surface area contributed by atoms with Gasteiger partial charge in [-0.2, -0.15) is 0 Å². The molecule has 0 radical (unpaired) electrons. The molecule has 0 saturated heterocycles. The molecule has 0 aromatic carbocycles. The van der Waals surface area contributed by atoms with E-state index in [9.17, 15) is 5.11 Å². The van der Waals surface area contributed by atoms with Crippen molar-refractivity contribution in [3.8, 4) is 0 Å². The van der Waals surface area contributed by atoms with Crippen LogP contribution in [0.3, 0.4) is 0 Å². The average Bonchev–Trinajstić information content (AvgIpc) is 2.77. The molecule has 0 aliphatic heterocycles. The van der Waals surface area contributed by atoms with Gasteiger partial charge in [-0.15, -0.1) is 0 Å². The molecule has 5 aliphatic carbocycles. The first-order chi connectivity index (χ1) is 6.38. The Morgan fingerprint density at radius 1 is 0.692 bits per heavy atom. The van der Waals surface area contributed by atoms with E-state index in [1.54, 1.807) is 0 Å². The number of hydrogen-bond donors (Lipinski definition) is 1. The minimum atomic E-state index is 0.135. The maximum Gasteiger partial charge on any atom is 0.0605 e. The van der Waals surface area contributed by atoms with Crippen LogP contribution in [-0.4, -0.2) is 11.2 Å². The second-order valence-corrected chi connectivity index (χ2v) is 6.27. The summed E-state index contributed by atoms with van der Waals surface area (Å²) in [5, 5.41) is 10.2. The molecular formula is C12H16O. The Morgan fingerprint density at radius 3 is 2.08 bits per heavy atom. The molecule has 0 heterocycles. The van der Waals surface area contributed by atoms with E-state index in [4.69, 9.17) is 0 Å². The number of aliphatic hydroxyl groups excluding tert-OH is 1. The van der Waals surface area contributed by atoms with Crippen molar-refractivity contribution in [1.29, 1.82) is 0 Å². The highest BCUT2D eigenvalue weighted by molar-refractivity contribution is 5.25. The van der Waals surface area contributed by atoms with Crippen LogP contribution in [0, 0.1) is 47.3 Å². The van der Waals surface area contributed by atoms with Crippen molar-refractivity contribution in [3.05, 3.63) is 0 Å². The number of fused-ring (bicyclic) bond motifs is 3. The highest BCUT2D eigenvalue weighted by atomic mass is 16.3. The van der Waals surface area contributed by atoms with Crippen LogP contribution in [0.1, 0.15) is 19.3 Å². The lowest BCUT2D eigenvalue weighted by molar-refractivity contribution is -0.0519. The van der Waals surface area contributed by atoms with E-state index in [1.807, 2.05) is 0 Å². The molecule has 5 rings (SSSR count). The van der Waals surface area contributed by atoms with Crippen molar-refractivity contribution in [2.45, 2.75) is 25.4 Å². The van der Waals surface area contributed by atoms with E-state index in [0.717, 1.165) is 47.3 Å². The summed E-state index contributed by atoms with van der Waals surface area (Å²) >= 11 is 0. The third-order valence-corrected chi connectivity index (χ3v) is 6.56. The molecule has 1 nitrogen and oxygen atoms in total. The van der Waals surface area contributed by atoms with Crippen molar-refractivity contribution in [1.82, 2.24) is 0 Å². The van der Waals surface area contributed by atoms with Crippen LogP contribution in [0.4, 0.5) is 0 Å². The molecule has 5 saturated carbocycles. The largest absolute Gasteiger partial charge is 0.393 e. The van der Waals surface area contributed by atoms with Crippen molar-refractivity contribution < 1.29 is 5.11 Å². The van der Waals surface area contributed by atoms with Gasteiger partial charge in [-0.3, -0.25) is 0 Å². The second kappa shape index (κ2) is 1.60. The summed E-state index contributed by atoms with van der Waals surface area (Å²) in [4.78, 5) is 0. The topological polar surface area (TPSA) is 20.2 Å². The van der Waals surface area contributed by atoms with Gasteiger partial charge in [-0.1, -0.05) is 0 Å². The van der Waals surface area contributed by atoms with Gasteiger partial charge in [0.15, 0.2) is 0 Å². The summed E-state index contributed by atoms with van der Waals surface area (Å²) in [5.41, 5.74) is 0. The van der Waals surface area contributed by atoms with Gasteiger partial charge >= 0.3 is 0 Å². The third kappa shape index (κ3) is 0.423. The Morgan fingerprint density at radius 2 is 1.31 bits per heavy atom. The van der Waals surface area contributed by atoms with E-state index in [-0.39, 0.29) is 6.10 Å². The summed E-state index contributed by atoms with van der Waals surface area (Å²) in [6.45, 7) is 0. The Kier molecular flexibility index (Phi) is 0.793. The maximum atomic E-state index is 10.2. The molecule has 5 fully saturated rings. The first kappa shape index (κ1) is 6.44. The van der Waals surface area contributed by atoms with Gasteiger partial charge in [0, 0.05) is 0 Å². The highest BCUT2D eigenvalue weighted by Gasteiger charge is 2.77. The molecule has 9 atom stereocenters. The second-order valence-electron chi connectivity index (χ2n) is 6.27. The molecule has 1 N–H and O–H groups in total. The zero-order valence-electron chi connectivity index (χ0n) is 7.76. The average molecular weight is 176 g/mol. The molecule has 5 aliphatic rings. The van der Waals surface area contributed by atoms with Gasteiger partial charge in [-0.25, -0.2) is 0 Å². The number of aliphatic hydroxyl groups is 1. The normalized spacial score (nSPS) is 80.5. The van der Waals surface area contributed by atoms with E-state index >= 15 is 0 Å². The SMILES string of the molecule is O[C@@H]1[C@H]2C[C@H]3[C@@H]4[C@@H]5CC[C@H]([C@@H]24)[C@@H]5[C@@H]13. The van der Waals surface area contributed by atoms with Crippen LogP contribution >= 0.6 is 0 Å². The van der Waals surface area contributed by atoms with Gasteiger partial charge in [0.05, 0.1) is 6.10 Å². The molecule has 0 spiro atoms. The van der Waals surface area contributed by atoms with E-state index < -0.39 is 0 Å². The molecule has 0 unspecified atom stereocenters. The van der Waals surface area contributed by atoms with Crippen LogP contribution in [0.15, 0.2) is 0 Å². The first-order valence-corrected chi connectivity index (χ1v) is 6.06. The smallest absolute Gasteiger partial charge is 0.0605 e. The van der Waals surface area contributed by atoms with Crippen molar-refractivity contribution in [2.75, 3.05) is 0 Å². The van der Waals surface area contributed by atoms with Crippen LogP contribution < -0.4 is 0 Å². The molecule has 1 heteroatoms. The quantitative estimate of drug-likeness (QED) is 0.593. The predicted molar refractivity (Wildman–Crippen MR) is 47.8 cm³/mol. The van der Waals surface area contributed by atoms with Gasteiger partial charge in [0.25, 0.3) is 0 Å². The lowest BCUT2D eigenvalue weighted by Crippen LogP contribution is -2.45. The Balaban J connectivity index is 1.80. The third-order valence-electron chi connectivity index (χ3n) is 6.56. The minimum absolute atomic E-state index is 0.135.